The minimum absolute atomic E-state index is 0.0732. The fourth-order valence-corrected chi connectivity index (χ4v) is 3.56. The van der Waals surface area contributed by atoms with Gasteiger partial charge in [0.25, 0.3) is 5.91 Å². The molecular formula is C23H21NO5. The maximum atomic E-state index is 13.0. The Bertz CT molecular complexity index is 1010. The number of ether oxygens (including phenoxy) is 2. The third-order valence-corrected chi connectivity index (χ3v) is 5.08. The molecule has 1 aliphatic rings. The summed E-state index contributed by atoms with van der Waals surface area (Å²) in [5.41, 5.74) is 2.82. The quantitative estimate of drug-likeness (QED) is 0.622. The van der Waals surface area contributed by atoms with E-state index in [9.17, 15) is 9.59 Å². The van der Waals surface area contributed by atoms with E-state index in [4.69, 9.17) is 13.9 Å². The summed E-state index contributed by atoms with van der Waals surface area (Å²) in [4.78, 5) is 27.5. The molecular weight excluding hydrogens is 370 g/mol. The number of hydrogen-bond acceptors (Lipinski definition) is 5. The van der Waals surface area contributed by atoms with Gasteiger partial charge in [-0.25, -0.2) is 4.79 Å². The second kappa shape index (κ2) is 8.22. The van der Waals surface area contributed by atoms with Gasteiger partial charge in [-0.15, -0.1) is 0 Å². The highest BCUT2D eigenvalue weighted by atomic mass is 16.5. The molecule has 1 aliphatic heterocycles. The lowest BCUT2D eigenvalue weighted by Gasteiger charge is -2.34. The maximum absolute atomic E-state index is 13.0. The Morgan fingerprint density at radius 2 is 1.79 bits per heavy atom. The first-order chi connectivity index (χ1) is 14.2. The SMILES string of the molecule is COc1ccccc1COC(=O)C1Cc2ccccc2CN1C(=O)c1ccco1. The van der Waals surface area contributed by atoms with Gasteiger partial charge in [0.2, 0.25) is 0 Å². The number of furan rings is 1. The third kappa shape index (κ3) is 3.87. The van der Waals surface area contributed by atoms with Gasteiger partial charge in [0.05, 0.1) is 13.4 Å². The summed E-state index contributed by atoms with van der Waals surface area (Å²) in [6.07, 6.45) is 1.84. The molecule has 1 unspecified atom stereocenters. The van der Waals surface area contributed by atoms with Crippen LogP contribution >= 0.6 is 0 Å². The lowest BCUT2D eigenvalue weighted by Crippen LogP contribution is -2.49. The van der Waals surface area contributed by atoms with Crippen molar-refractivity contribution in [3.63, 3.8) is 0 Å². The highest BCUT2D eigenvalue weighted by Gasteiger charge is 2.37. The first-order valence-corrected chi connectivity index (χ1v) is 9.37. The standard InChI is InChI=1S/C23H21NO5/c1-27-20-10-5-4-9-18(20)15-29-23(26)19-13-16-7-2-3-8-17(16)14-24(19)22(25)21-11-6-12-28-21/h2-12,19H,13-15H2,1H3. The van der Waals surface area contributed by atoms with Gasteiger partial charge in [-0.2, -0.15) is 0 Å². The molecule has 2 heterocycles. The van der Waals surface area contributed by atoms with Crippen LogP contribution in [0.1, 0.15) is 27.2 Å². The number of fused-ring (bicyclic) bond motifs is 1. The van der Waals surface area contributed by atoms with Crippen LogP contribution in [0.2, 0.25) is 0 Å². The van der Waals surface area contributed by atoms with Crippen LogP contribution in [0.5, 0.6) is 5.75 Å². The highest BCUT2D eigenvalue weighted by Crippen LogP contribution is 2.27. The van der Waals surface area contributed by atoms with Crippen molar-refractivity contribution in [2.75, 3.05) is 7.11 Å². The molecule has 4 rings (SSSR count). The second-order valence-corrected chi connectivity index (χ2v) is 6.82. The molecule has 29 heavy (non-hydrogen) atoms. The summed E-state index contributed by atoms with van der Waals surface area (Å²) in [6.45, 7) is 0.397. The van der Waals surface area contributed by atoms with E-state index >= 15 is 0 Å². The fourth-order valence-electron chi connectivity index (χ4n) is 3.56. The predicted octanol–water partition coefficient (Wildman–Crippen LogP) is 3.60. The fraction of sp³-hybridized carbons (Fsp3) is 0.217. The van der Waals surface area contributed by atoms with Crippen molar-refractivity contribution in [2.24, 2.45) is 0 Å². The van der Waals surface area contributed by atoms with Gasteiger partial charge in [0, 0.05) is 18.5 Å². The first kappa shape index (κ1) is 18.8. The van der Waals surface area contributed by atoms with Gasteiger partial charge in [-0.1, -0.05) is 42.5 Å². The zero-order valence-electron chi connectivity index (χ0n) is 16.0. The molecule has 1 amide bonds. The molecule has 0 saturated carbocycles. The summed E-state index contributed by atoms with van der Waals surface area (Å²) in [6, 6.07) is 17.7. The molecule has 0 saturated heterocycles. The second-order valence-electron chi connectivity index (χ2n) is 6.82. The van der Waals surface area contributed by atoms with Gasteiger partial charge in [0.15, 0.2) is 5.76 Å². The van der Waals surface area contributed by atoms with Crippen LogP contribution in [0.3, 0.4) is 0 Å². The molecule has 148 valence electrons. The normalized spacial score (nSPS) is 15.5. The van der Waals surface area contributed by atoms with E-state index in [-0.39, 0.29) is 18.3 Å². The Hall–Kier alpha value is -3.54. The Labute approximate surface area is 168 Å². The lowest BCUT2D eigenvalue weighted by atomic mass is 9.93. The van der Waals surface area contributed by atoms with Gasteiger partial charge in [0.1, 0.15) is 18.4 Å². The zero-order chi connectivity index (χ0) is 20.2. The van der Waals surface area contributed by atoms with Crippen molar-refractivity contribution < 1.29 is 23.5 Å². The molecule has 2 aromatic carbocycles. The number of methoxy groups -OCH3 is 1. The number of rotatable bonds is 5. The van der Waals surface area contributed by atoms with Crippen LogP contribution in [-0.4, -0.2) is 29.9 Å². The Morgan fingerprint density at radius 3 is 2.55 bits per heavy atom. The van der Waals surface area contributed by atoms with E-state index in [0.29, 0.717) is 18.7 Å². The summed E-state index contributed by atoms with van der Waals surface area (Å²) < 4.78 is 16.2. The summed E-state index contributed by atoms with van der Waals surface area (Å²) in [7, 11) is 1.57. The van der Waals surface area contributed by atoms with Crippen LogP contribution in [0, 0.1) is 0 Å². The molecule has 3 aromatic rings. The zero-order valence-corrected chi connectivity index (χ0v) is 16.0. The van der Waals surface area contributed by atoms with Crippen LogP contribution in [0.4, 0.5) is 0 Å². The molecule has 1 aromatic heterocycles. The van der Waals surface area contributed by atoms with Crippen molar-refractivity contribution in [3.8, 4) is 5.75 Å². The van der Waals surface area contributed by atoms with Crippen molar-refractivity contribution in [1.29, 1.82) is 0 Å². The summed E-state index contributed by atoms with van der Waals surface area (Å²) in [5, 5.41) is 0. The number of amides is 1. The van der Waals surface area contributed by atoms with Crippen molar-refractivity contribution >= 4 is 11.9 Å². The molecule has 6 heteroatoms. The average molecular weight is 391 g/mol. The molecule has 0 radical (unpaired) electrons. The summed E-state index contributed by atoms with van der Waals surface area (Å²) >= 11 is 0. The number of para-hydroxylation sites is 1. The number of esters is 1. The van der Waals surface area contributed by atoms with E-state index < -0.39 is 12.0 Å². The molecule has 0 bridgehead atoms. The molecule has 0 N–H and O–H groups in total. The number of benzene rings is 2. The third-order valence-electron chi connectivity index (χ3n) is 5.08. The van der Waals surface area contributed by atoms with E-state index in [0.717, 1.165) is 16.7 Å². The van der Waals surface area contributed by atoms with E-state index in [1.165, 1.54) is 11.2 Å². The lowest BCUT2D eigenvalue weighted by molar-refractivity contribution is -0.151. The Morgan fingerprint density at radius 1 is 1.03 bits per heavy atom. The van der Waals surface area contributed by atoms with Gasteiger partial charge < -0.3 is 18.8 Å². The van der Waals surface area contributed by atoms with Crippen molar-refractivity contribution in [1.82, 2.24) is 4.90 Å². The van der Waals surface area contributed by atoms with Gasteiger partial charge in [-0.3, -0.25) is 4.79 Å². The van der Waals surface area contributed by atoms with E-state index in [1.807, 2.05) is 48.5 Å². The minimum Gasteiger partial charge on any atom is -0.496 e. The monoisotopic (exact) mass is 391 g/mol. The largest absolute Gasteiger partial charge is 0.496 e. The van der Waals surface area contributed by atoms with Crippen molar-refractivity contribution in [3.05, 3.63) is 89.4 Å². The molecule has 0 aliphatic carbocycles. The maximum Gasteiger partial charge on any atom is 0.329 e. The Balaban J connectivity index is 1.56. The van der Waals surface area contributed by atoms with Gasteiger partial charge in [-0.05, 0) is 29.3 Å². The molecule has 0 spiro atoms. The Kier molecular flexibility index (Phi) is 5.33. The number of carbonyl (C=O) groups is 2. The smallest absolute Gasteiger partial charge is 0.329 e. The number of nitrogens with zero attached hydrogens (tertiary/aromatic N) is 1. The average Bonchev–Trinajstić information content (AvgIpc) is 3.31. The minimum atomic E-state index is -0.725. The summed E-state index contributed by atoms with van der Waals surface area (Å²) in [5.74, 6) is 0.0683. The highest BCUT2D eigenvalue weighted by molar-refractivity contribution is 5.95. The van der Waals surface area contributed by atoms with Crippen LogP contribution in [0.25, 0.3) is 0 Å². The molecule has 1 atom stereocenters. The van der Waals surface area contributed by atoms with Crippen LogP contribution < -0.4 is 4.74 Å². The number of carbonyl (C=O) groups excluding carboxylic acids is 2. The van der Waals surface area contributed by atoms with E-state index in [2.05, 4.69) is 0 Å². The van der Waals surface area contributed by atoms with E-state index in [1.54, 1.807) is 19.2 Å². The molecule has 0 fully saturated rings. The van der Waals surface area contributed by atoms with Crippen LogP contribution in [-0.2, 0) is 29.1 Å². The van der Waals surface area contributed by atoms with Crippen molar-refractivity contribution in [2.45, 2.75) is 25.6 Å². The van der Waals surface area contributed by atoms with Gasteiger partial charge >= 0.3 is 5.97 Å². The first-order valence-electron chi connectivity index (χ1n) is 9.37. The van der Waals surface area contributed by atoms with Crippen LogP contribution in [0.15, 0.2) is 71.3 Å². The predicted molar refractivity (Wildman–Crippen MR) is 105 cm³/mol. The number of hydrogen-bond donors (Lipinski definition) is 0. The topological polar surface area (TPSA) is 69.0 Å². The molecule has 6 nitrogen and oxygen atoms in total.